The van der Waals surface area contributed by atoms with Crippen molar-refractivity contribution in [3.05, 3.63) is 82.0 Å². The summed E-state index contributed by atoms with van der Waals surface area (Å²) in [6.07, 6.45) is 0.847. The summed E-state index contributed by atoms with van der Waals surface area (Å²) in [6.45, 7) is 8.65. The van der Waals surface area contributed by atoms with Gasteiger partial charge in [0.2, 0.25) is 5.91 Å². The maximum atomic E-state index is 13.1. The molecule has 1 amide bonds. The van der Waals surface area contributed by atoms with E-state index in [0.29, 0.717) is 42.2 Å². The van der Waals surface area contributed by atoms with Gasteiger partial charge in [0.15, 0.2) is 0 Å². The highest BCUT2D eigenvalue weighted by atomic mass is 35.5. The highest BCUT2D eigenvalue weighted by Gasteiger charge is 2.35. The van der Waals surface area contributed by atoms with Gasteiger partial charge in [0.05, 0.1) is 29.8 Å². The molecule has 3 rings (SSSR count). The van der Waals surface area contributed by atoms with Gasteiger partial charge in [0.25, 0.3) is 0 Å². The number of ether oxygens (including phenoxy) is 1. The van der Waals surface area contributed by atoms with Gasteiger partial charge >= 0.3 is 5.97 Å². The van der Waals surface area contributed by atoms with Gasteiger partial charge in [-0.15, -0.1) is 0 Å². The molecule has 0 saturated heterocycles. The third-order valence-electron chi connectivity index (χ3n) is 5.96. The van der Waals surface area contributed by atoms with Crippen molar-refractivity contribution in [3.8, 4) is 0 Å². The van der Waals surface area contributed by atoms with Crippen LogP contribution in [0.4, 0.5) is 0 Å². The maximum absolute atomic E-state index is 13.1. The molecule has 35 heavy (non-hydrogen) atoms. The van der Waals surface area contributed by atoms with Crippen LogP contribution in [0.5, 0.6) is 0 Å². The molecule has 0 bridgehead atoms. The maximum Gasteiger partial charge on any atom is 0.338 e. The summed E-state index contributed by atoms with van der Waals surface area (Å²) in [5.41, 5.74) is 3.05. The summed E-state index contributed by atoms with van der Waals surface area (Å²) in [6, 6.07) is 16.9. The Balaban J connectivity index is 1.78. The lowest BCUT2D eigenvalue weighted by atomic mass is 9.93. The fourth-order valence-electron chi connectivity index (χ4n) is 4.27. The molecule has 7 heteroatoms. The van der Waals surface area contributed by atoms with E-state index in [4.69, 9.17) is 16.3 Å². The topological polar surface area (TPSA) is 62.2 Å². The van der Waals surface area contributed by atoms with Gasteiger partial charge in [-0.25, -0.2) is 9.79 Å². The van der Waals surface area contributed by atoms with E-state index in [2.05, 4.69) is 9.89 Å². The number of likely N-dealkylation sites (N-methyl/N-ethyl adjacent to an activating group) is 1. The number of benzene rings is 2. The SMILES string of the molecule is CC1=NC(C)=C(C(=O)OC(C)C)C(c2cccc(Cl)c2)N1CCCN(C)C(=O)Cc1ccccc1. The molecule has 1 heterocycles. The average Bonchev–Trinajstić information content (AvgIpc) is 2.80. The third kappa shape index (κ3) is 6.95. The molecule has 0 spiro atoms. The summed E-state index contributed by atoms with van der Waals surface area (Å²) < 4.78 is 5.58. The second kappa shape index (κ2) is 12.0. The van der Waals surface area contributed by atoms with Crippen molar-refractivity contribution < 1.29 is 14.3 Å². The number of amidine groups is 1. The summed E-state index contributed by atoms with van der Waals surface area (Å²) >= 11 is 6.32. The van der Waals surface area contributed by atoms with Gasteiger partial charge in [-0.2, -0.15) is 0 Å². The monoisotopic (exact) mass is 495 g/mol. The molecule has 0 aromatic heterocycles. The number of halogens is 1. The van der Waals surface area contributed by atoms with Crippen LogP contribution in [0.2, 0.25) is 5.02 Å². The molecule has 1 aliphatic heterocycles. The van der Waals surface area contributed by atoms with E-state index < -0.39 is 0 Å². The molecule has 186 valence electrons. The van der Waals surface area contributed by atoms with E-state index in [9.17, 15) is 9.59 Å². The number of hydrogen-bond acceptors (Lipinski definition) is 5. The number of rotatable bonds is 9. The molecular formula is C28H34ClN3O3. The second-order valence-electron chi connectivity index (χ2n) is 9.09. The molecule has 2 aromatic rings. The normalized spacial score (nSPS) is 15.8. The molecule has 0 N–H and O–H groups in total. The van der Waals surface area contributed by atoms with Crippen LogP contribution in [0.25, 0.3) is 0 Å². The standard InChI is InChI=1S/C28H34ClN3O3/c1-19(2)35-28(34)26-20(3)30-21(4)32(27(26)23-13-9-14-24(29)18-23)16-10-15-31(5)25(33)17-22-11-7-6-8-12-22/h6-9,11-14,18-19,27H,10,15-17H2,1-5H3. The Morgan fingerprint density at radius 1 is 1.11 bits per heavy atom. The first-order valence-corrected chi connectivity index (χ1v) is 12.3. The molecule has 1 unspecified atom stereocenters. The van der Waals surface area contributed by atoms with Crippen LogP contribution < -0.4 is 0 Å². The predicted molar refractivity (Wildman–Crippen MR) is 140 cm³/mol. The first-order valence-electron chi connectivity index (χ1n) is 11.9. The zero-order chi connectivity index (χ0) is 25.5. The second-order valence-corrected chi connectivity index (χ2v) is 9.53. The summed E-state index contributed by atoms with van der Waals surface area (Å²) in [7, 11) is 1.83. The smallest absolute Gasteiger partial charge is 0.338 e. The Morgan fingerprint density at radius 2 is 1.83 bits per heavy atom. The van der Waals surface area contributed by atoms with E-state index >= 15 is 0 Å². The largest absolute Gasteiger partial charge is 0.459 e. The highest BCUT2D eigenvalue weighted by Crippen LogP contribution is 2.37. The molecule has 0 radical (unpaired) electrons. The molecule has 0 aliphatic carbocycles. The van der Waals surface area contributed by atoms with Gasteiger partial charge in [0, 0.05) is 25.2 Å². The van der Waals surface area contributed by atoms with Crippen LogP contribution in [0.15, 0.2) is 70.9 Å². The quantitative estimate of drug-likeness (QED) is 0.435. The number of hydrogen-bond donors (Lipinski definition) is 0. The Labute approximate surface area is 213 Å². The van der Waals surface area contributed by atoms with E-state index in [1.807, 2.05) is 89.3 Å². The van der Waals surface area contributed by atoms with Crippen LogP contribution in [0.1, 0.15) is 51.3 Å². The van der Waals surface area contributed by atoms with Crippen molar-refractivity contribution in [2.75, 3.05) is 20.1 Å². The van der Waals surface area contributed by atoms with Crippen LogP contribution in [0.3, 0.4) is 0 Å². The zero-order valence-electron chi connectivity index (χ0n) is 21.1. The van der Waals surface area contributed by atoms with Crippen LogP contribution in [-0.2, 0) is 20.7 Å². The summed E-state index contributed by atoms with van der Waals surface area (Å²) in [5, 5.41) is 0.600. The molecule has 0 fully saturated rings. The number of amides is 1. The van der Waals surface area contributed by atoms with Crippen molar-refractivity contribution in [1.29, 1.82) is 0 Å². The van der Waals surface area contributed by atoms with Crippen molar-refractivity contribution in [1.82, 2.24) is 9.80 Å². The van der Waals surface area contributed by atoms with Crippen molar-refractivity contribution in [2.45, 2.75) is 52.7 Å². The van der Waals surface area contributed by atoms with Gasteiger partial charge < -0.3 is 14.5 Å². The van der Waals surface area contributed by atoms with Gasteiger partial charge in [-0.05, 0) is 57.4 Å². The molecule has 6 nitrogen and oxygen atoms in total. The Bertz CT molecular complexity index is 1110. The molecular weight excluding hydrogens is 462 g/mol. The minimum absolute atomic E-state index is 0.0727. The predicted octanol–water partition coefficient (Wildman–Crippen LogP) is 5.43. The van der Waals surface area contributed by atoms with Gasteiger partial charge in [0.1, 0.15) is 5.84 Å². The molecule has 0 saturated carbocycles. The van der Waals surface area contributed by atoms with Gasteiger partial charge in [-0.1, -0.05) is 54.1 Å². The van der Waals surface area contributed by atoms with E-state index in [1.165, 1.54) is 0 Å². The number of carbonyl (C=O) groups excluding carboxylic acids is 2. The number of esters is 1. The average molecular weight is 496 g/mol. The van der Waals surface area contributed by atoms with Crippen LogP contribution in [-0.4, -0.2) is 53.8 Å². The Morgan fingerprint density at radius 3 is 2.49 bits per heavy atom. The van der Waals surface area contributed by atoms with E-state index in [1.54, 1.807) is 4.90 Å². The van der Waals surface area contributed by atoms with Crippen LogP contribution in [0, 0.1) is 0 Å². The lowest BCUT2D eigenvalue weighted by Crippen LogP contribution is -2.41. The summed E-state index contributed by atoms with van der Waals surface area (Å²) in [4.78, 5) is 34.3. The van der Waals surface area contributed by atoms with Crippen molar-refractivity contribution in [2.24, 2.45) is 4.99 Å². The number of nitrogens with zero attached hydrogens (tertiary/aromatic N) is 3. The zero-order valence-corrected chi connectivity index (χ0v) is 21.9. The Kier molecular flexibility index (Phi) is 9.10. The van der Waals surface area contributed by atoms with Crippen molar-refractivity contribution in [3.63, 3.8) is 0 Å². The highest BCUT2D eigenvalue weighted by molar-refractivity contribution is 6.30. The van der Waals surface area contributed by atoms with Gasteiger partial charge in [-0.3, -0.25) is 4.79 Å². The minimum atomic E-state index is -0.376. The number of aliphatic imine (C=N–C) groups is 1. The third-order valence-corrected chi connectivity index (χ3v) is 6.20. The first-order chi connectivity index (χ1) is 16.7. The lowest BCUT2D eigenvalue weighted by Gasteiger charge is -2.38. The first kappa shape index (κ1) is 26.5. The summed E-state index contributed by atoms with van der Waals surface area (Å²) in [5.74, 6) is 0.509. The molecule has 1 aliphatic rings. The fraction of sp³-hybridized carbons (Fsp3) is 0.393. The molecule has 2 aromatic carbocycles. The number of allylic oxidation sites excluding steroid dienone is 1. The molecule has 1 atom stereocenters. The van der Waals surface area contributed by atoms with E-state index in [0.717, 1.165) is 17.0 Å². The van der Waals surface area contributed by atoms with E-state index in [-0.39, 0.29) is 24.0 Å². The lowest BCUT2D eigenvalue weighted by molar-refractivity contribution is -0.143. The van der Waals surface area contributed by atoms with Crippen molar-refractivity contribution >= 4 is 29.3 Å². The fourth-order valence-corrected chi connectivity index (χ4v) is 4.47. The minimum Gasteiger partial charge on any atom is -0.459 e. The Hall–Kier alpha value is -3.12. The number of carbonyl (C=O) groups is 2. The van der Waals surface area contributed by atoms with Crippen LogP contribution >= 0.6 is 11.6 Å².